The second-order valence-corrected chi connectivity index (χ2v) is 3.93. The molecule has 0 spiro atoms. The van der Waals surface area contributed by atoms with Gasteiger partial charge in [-0.1, -0.05) is 11.6 Å². The number of nitrogens with zero attached hydrogens (tertiary/aromatic N) is 3. The molecule has 1 aromatic rings. The SMILES string of the molecule is FC1CCN(c2nsnc2Cl)CC1. The lowest BCUT2D eigenvalue weighted by atomic mass is 10.1. The van der Waals surface area contributed by atoms with Crippen molar-refractivity contribution in [2.24, 2.45) is 0 Å². The van der Waals surface area contributed by atoms with E-state index in [1.807, 2.05) is 4.90 Å². The lowest BCUT2D eigenvalue weighted by Crippen LogP contribution is -2.34. The number of anilines is 1. The van der Waals surface area contributed by atoms with Crippen LogP contribution in [0.3, 0.4) is 0 Å². The average molecular weight is 222 g/mol. The summed E-state index contributed by atoms with van der Waals surface area (Å²) < 4.78 is 20.7. The largest absolute Gasteiger partial charge is 0.353 e. The van der Waals surface area contributed by atoms with E-state index in [9.17, 15) is 4.39 Å². The monoisotopic (exact) mass is 221 g/mol. The summed E-state index contributed by atoms with van der Waals surface area (Å²) in [6, 6.07) is 0. The Morgan fingerprint density at radius 1 is 1.38 bits per heavy atom. The van der Waals surface area contributed by atoms with Gasteiger partial charge in [0, 0.05) is 13.1 Å². The predicted molar refractivity (Wildman–Crippen MR) is 51.3 cm³/mol. The third-order valence-electron chi connectivity index (χ3n) is 2.16. The molecule has 0 aliphatic carbocycles. The van der Waals surface area contributed by atoms with Crippen LogP contribution in [0.4, 0.5) is 10.2 Å². The molecule has 0 bridgehead atoms. The Bertz CT molecular complexity index is 285. The summed E-state index contributed by atoms with van der Waals surface area (Å²) in [5, 5.41) is 0.433. The Balaban J connectivity index is 2.06. The van der Waals surface area contributed by atoms with Gasteiger partial charge in [0.15, 0.2) is 11.0 Å². The van der Waals surface area contributed by atoms with Crippen molar-refractivity contribution in [1.82, 2.24) is 8.75 Å². The fraction of sp³-hybridized carbons (Fsp3) is 0.714. The zero-order valence-electron chi connectivity index (χ0n) is 6.91. The van der Waals surface area contributed by atoms with E-state index in [2.05, 4.69) is 8.75 Å². The number of piperidine rings is 1. The minimum absolute atomic E-state index is 0.433. The first-order valence-electron chi connectivity index (χ1n) is 4.14. The molecule has 1 aliphatic heterocycles. The van der Waals surface area contributed by atoms with Crippen LogP contribution in [-0.2, 0) is 0 Å². The summed E-state index contributed by atoms with van der Waals surface area (Å²) in [6.07, 6.45) is 0.462. The highest BCUT2D eigenvalue weighted by molar-refractivity contribution is 6.99. The van der Waals surface area contributed by atoms with Crippen molar-refractivity contribution in [3.8, 4) is 0 Å². The Morgan fingerprint density at radius 3 is 2.62 bits per heavy atom. The molecule has 0 amide bonds. The van der Waals surface area contributed by atoms with Gasteiger partial charge in [0.25, 0.3) is 0 Å². The van der Waals surface area contributed by atoms with Crippen molar-refractivity contribution in [3.63, 3.8) is 0 Å². The second-order valence-electron chi connectivity index (χ2n) is 3.04. The van der Waals surface area contributed by atoms with Crippen molar-refractivity contribution in [2.45, 2.75) is 19.0 Å². The summed E-state index contributed by atoms with van der Waals surface area (Å²) in [5.41, 5.74) is 0. The molecule has 6 heteroatoms. The first-order chi connectivity index (χ1) is 6.27. The molecule has 72 valence electrons. The zero-order valence-corrected chi connectivity index (χ0v) is 8.48. The van der Waals surface area contributed by atoms with Gasteiger partial charge in [0.05, 0.1) is 11.7 Å². The summed E-state index contributed by atoms with van der Waals surface area (Å²) in [6.45, 7) is 1.37. The predicted octanol–water partition coefficient (Wildman–Crippen LogP) is 2.13. The van der Waals surface area contributed by atoms with Crippen LogP contribution < -0.4 is 4.90 Å². The Kier molecular flexibility index (Phi) is 2.64. The van der Waals surface area contributed by atoms with Gasteiger partial charge >= 0.3 is 0 Å². The van der Waals surface area contributed by atoms with E-state index >= 15 is 0 Å². The second kappa shape index (κ2) is 3.75. The molecule has 0 saturated carbocycles. The quantitative estimate of drug-likeness (QED) is 0.728. The standard InChI is InChI=1S/C7H9ClFN3S/c8-6-7(11-13-10-6)12-3-1-5(9)2-4-12/h5H,1-4H2. The van der Waals surface area contributed by atoms with Gasteiger partial charge in [-0.05, 0) is 12.8 Å². The van der Waals surface area contributed by atoms with E-state index in [4.69, 9.17) is 11.6 Å². The Hall–Kier alpha value is -0.420. The van der Waals surface area contributed by atoms with E-state index < -0.39 is 6.17 Å². The molecule has 1 aliphatic rings. The lowest BCUT2D eigenvalue weighted by molar-refractivity contribution is 0.277. The van der Waals surface area contributed by atoms with E-state index in [1.54, 1.807) is 0 Å². The van der Waals surface area contributed by atoms with Gasteiger partial charge in [-0.25, -0.2) is 4.39 Å². The molecule has 0 aromatic carbocycles. The summed E-state index contributed by atoms with van der Waals surface area (Å²) in [7, 11) is 0. The molecule has 1 fully saturated rings. The lowest BCUT2D eigenvalue weighted by Gasteiger charge is -2.28. The molecular weight excluding hydrogens is 213 g/mol. The van der Waals surface area contributed by atoms with Crippen LogP contribution in [0.25, 0.3) is 0 Å². The van der Waals surface area contributed by atoms with Crippen LogP contribution in [0.15, 0.2) is 0 Å². The minimum Gasteiger partial charge on any atom is -0.353 e. The first-order valence-corrected chi connectivity index (χ1v) is 5.25. The number of aromatic nitrogens is 2. The van der Waals surface area contributed by atoms with E-state index in [-0.39, 0.29) is 0 Å². The highest BCUT2D eigenvalue weighted by atomic mass is 35.5. The Morgan fingerprint density at radius 2 is 2.08 bits per heavy atom. The maximum atomic E-state index is 12.8. The van der Waals surface area contributed by atoms with E-state index in [1.165, 1.54) is 0 Å². The summed E-state index contributed by atoms with van der Waals surface area (Å²) in [4.78, 5) is 1.99. The molecule has 2 heterocycles. The molecule has 0 unspecified atom stereocenters. The fourth-order valence-electron chi connectivity index (χ4n) is 1.42. The maximum Gasteiger partial charge on any atom is 0.187 e. The zero-order chi connectivity index (χ0) is 9.26. The van der Waals surface area contributed by atoms with Crippen LogP contribution in [0, 0.1) is 0 Å². The average Bonchev–Trinajstić information content (AvgIpc) is 2.53. The smallest absolute Gasteiger partial charge is 0.187 e. The molecule has 1 aromatic heterocycles. The van der Waals surface area contributed by atoms with Gasteiger partial charge in [0.1, 0.15) is 6.17 Å². The van der Waals surface area contributed by atoms with Crippen LogP contribution in [-0.4, -0.2) is 28.0 Å². The van der Waals surface area contributed by atoms with Gasteiger partial charge in [0.2, 0.25) is 0 Å². The highest BCUT2D eigenvalue weighted by Crippen LogP contribution is 2.26. The normalized spacial score (nSPS) is 19.4. The van der Waals surface area contributed by atoms with Gasteiger partial charge in [-0.2, -0.15) is 8.75 Å². The summed E-state index contributed by atoms with van der Waals surface area (Å²) in [5.74, 6) is 0.707. The number of rotatable bonds is 1. The number of halogens is 2. The van der Waals surface area contributed by atoms with Gasteiger partial charge in [-0.3, -0.25) is 0 Å². The van der Waals surface area contributed by atoms with Crippen molar-refractivity contribution in [2.75, 3.05) is 18.0 Å². The topological polar surface area (TPSA) is 29.0 Å². The maximum absolute atomic E-state index is 12.8. The van der Waals surface area contributed by atoms with Crippen LogP contribution >= 0.6 is 23.3 Å². The molecule has 0 N–H and O–H groups in total. The minimum atomic E-state index is -0.665. The molecule has 2 rings (SSSR count). The molecule has 1 saturated heterocycles. The van der Waals surface area contributed by atoms with Crippen LogP contribution in [0.5, 0.6) is 0 Å². The van der Waals surface area contributed by atoms with Gasteiger partial charge in [-0.15, -0.1) is 0 Å². The number of hydrogen-bond donors (Lipinski definition) is 0. The summed E-state index contributed by atoms with van der Waals surface area (Å²) >= 11 is 6.90. The van der Waals surface area contributed by atoms with Crippen LogP contribution in [0.1, 0.15) is 12.8 Å². The first kappa shape index (κ1) is 9.15. The molecular formula is C7H9ClFN3S. The van der Waals surface area contributed by atoms with E-state index in [0.717, 1.165) is 11.7 Å². The van der Waals surface area contributed by atoms with Crippen molar-refractivity contribution in [1.29, 1.82) is 0 Å². The van der Waals surface area contributed by atoms with Crippen molar-refractivity contribution in [3.05, 3.63) is 5.15 Å². The third kappa shape index (κ3) is 1.91. The molecule has 0 atom stereocenters. The molecule has 13 heavy (non-hydrogen) atoms. The fourth-order valence-corrected chi connectivity index (χ4v) is 2.20. The molecule has 0 radical (unpaired) electrons. The highest BCUT2D eigenvalue weighted by Gasteiger charge is 2.22. The number of alkyl halides is 1. The van der Waals surface area contributed by atoms with Gasteiger partial charge < -0.3 is 4.90 Å². The molecule has 3 nitrogen and oxygen atoms in total. The Labute approximate surface area is 84.8 Å². The van der Waals surface area contributed by atoms with E-state index in [0.29, 0.717) is 36.9 Å². The van der Waals surface area contributed by atoms with Crippen LogP contribution in [0.2, 0.25) is 5.15 Å². The van der Waals surface area contributed by atoms with Crippen molar-refractivity contribution < 1.29 is 4.39 Å². The third-order valence-corrected chi connectivity index (χ3v) is 3.03. The number of hydrogen-bond acceptors (Lipinski definition) is 4. The van der Waals surface area contributed by atoms with Crippen molar-refractivity contribution >= 4 is 29.1 Å².